The third-order valence-corrected chi connectivity index (χ3v) is 2.86. The predicted octanol–water partition coefficient (Wildman–Crippen LogP) is 2.57. The summed E-state index contributed by atoms with van der Waals surface area (Å²) in [4.78, 5) is 19.9. The van der Waals surface area contributed by atoms with E-state index in [0.29, 0.717) is 13.0 Å². The van der Waals surface area contributed by atoms with Crippen LogP contribution in [0.4, 0.5) is 5.69 Å². The number of methoxy groups -OCH3 is 1. The molecular formula is C14H14ClN3O2. The highest BCUT2D eigenvalue weighted by molar-refractivity contribution is 6.29. The number of hydrogen-bond donors (Lipinski definition) is 1. The van der Waals surface area contributed by atoms with Crippen LogP contribution in [0.5, 0.6) is 0 Å². The van der Waals surface area contributed by atoms with E-state index in [1.165, 1.54) is 12.4 Å². The highest BCUT2D eigenvalue weighted by Crippen LogP contribution is 2.16. The molecule has 1 amide bonds. The third-order valence-electron chi connectivity index (χ3n) is 2.68. The molecule has 1 N–H and O–H groups in total. The second-order valence-electron chi connectivity index (χ2n) is 4.08. The van der Waals surface area contributed by atoms with Crippen molar-refractivity contribution in [3.63, 3.8) is 0 Å². The van der Waals surface area contributed by atoms with Gasteiger partial charge in [-0.3, -0.25) is 9.78 Å². The SMILES string of the molecule is COCCc1ccccc1NC(=O)c1cncc(Cl)n1. The van der Waals surface area contributed by atoms with Gasteiger partial charge in [0.2, 0.25) is 0 Å². The molecule has 0 saturated carbocycles. The van der Waals surface area contributed by atoms with Gasteiger partial charge in [-0.1, -0.05) is 29.8 Å². The average molecular weight is 292 g/mol. The maximum absolute atomic E-state index is 12.1. The molecule has 6 heteroatoms. The Morgan fingerprint density at radius 2 is 2.15 bits per heavy atom. The fourth-order valence-electron chi connectivity index (χ4n) is 1.71. The summed E-state index contributed by atoms with van der Waals surface area (Å²) in [6, 6.07) is 7.55. The van der Waals surface area contributed by atoms with Gasteiger partial charge in [-0.15, -0.1) is 0 Å². The van der Waals surface area contributed by atoms with Crippen molar-refractivity contribution in [2.24, 2.45) is 0 Å². The van der Waals surface area contributed by atoms with Gasteiger partial charge in [0, 0.05) is 12.8 Å². The van der Waals surface area contributed by atoms with E-state index in [-0.39, 0.29) is 16.8 Å². The molecule has 2 rings (SSSR count). The van der Waals surface area contributed by atoms with Gasteiger partial charge >= 0.3 is 0 Å². The number of amides is 1. The normalized spacial score (nSPS) is 10.3. The van der Waals surface area contributed by atoms with E-state index in [0.717, 1.165) is 11.3 Å². The van der Waals surface area contributed by atoms with Crippen molar-refractivity contribution >= 4 is 23.2 Å². The van der Waals surface area contributed by atoms with Crippen LogP contribution >= 0.6 is 11.6 Å². The zero-order chi connectivity index (χ0) is 14.4. The van der Waals surface area contributed by atoms with Crippen LogP contribution in [-0.2, 0) is 11.2 Å². The van der Waals surface area contributed by atoms with Crippen molar-refractivity contribution in [1.82, 2.24) is 9.97 Å². The average Bonchev–Trinajstić information content (AvgIpc) is 2.46. The highest BCUT2D eigenvalue weighted by atomic mass is 35.5. The number of rotatable bonds is 5. The lowest BCUT2D eigenvalue weighted by molar-refractivity contribution is 0.102. The molecule has 5 nitrogen and oxygen atoms in total. The van der Waals surface area contributed by atoms with Crippen molar-refractivity contribution in [3.05, 3.63) is 53.1 Å². The molecule has 0 unspecified atom stereocenters. The van der Waals surface area contributed by atoms with Crippen LogP contribution in [0.1, 0.15) is 16.1 Å². The first kappa shape index (κ1) is 14.4. The van der Waals surface area contributed by atoms with Gasteiger partial charge in [0.25, 0.3) is 5.91 Å². The van der Waals surface area contributed by atoms with Crippen LogP contribution < -0.4 is 5.32 Å². The van der Waals surface area contributed by atoms with Gasteiger partial charge < -0.3 is 10.1 Å². The van der Waals surface area contributed by atoms with Crippen molar-refractivity contribution < 1.29 is 9.53 Å². The van der Waals surface area contributed by atoms with Crippen molar-refractivity contribution in [2.75, 3.05) is 19.0 Å². The van der Waals surface area contributed by atoms with Crippen LogP contribution in [0.15, 0.2) is 36.7 Å². The fraction of sp³-hybridized carbons (Fsp3) is 0.214. The zero-order valence-corrected chi connectivity index (χ0v) is 11.7. The zero-order valence-electron chi connectivity index (χ0n) is 11.0. The van der Waals surface area contributed by atoms with E-state index in [1.54, 1.807) is 7.11 Å². The molecule has 1 aromatic heterocycles. The van der Waals surface area contributed by atoms with E-state index >= 15 is 0 Å². The first-order chi connectivity index (χ1) is 9.70. The van der Waals surface area contributed by atoms with Crippen molar-refractivity contribution in [2.45, 2.75) is 6.42 Å². The lowest BCUT2D eigenvalue weighted by Crippen LogP contribution is -2.15. The second-order valence-corrected chi connectivity index (χ2v) is 4.47. The first-order valence-corrected chi connectivity index (χ1v) is 6.44. The van der Waals surface area contributed by atoms with Gasteiger partial charge in [-0.2, -0.15) is 0 Å². The van der Waals surface area contributed by atoms with E-state index in [9.17, 15) is 4.79 Å². The molecule has 0 aliphatic heterocycles. The standard InChI is InChI=1S/C14H14ClN3O2/c1-20-7-6-10-4-2-3-5-11(10)18-14(19)12-8-16-9-13(15)17-12/h2-5,8-9H,6-7H2,1H3,(H,18,19). The molecule has 0 aliphatic rings. The maximum Gasteiger partial charge on any atom is 0.275 e. The summed E-state index contributed by atoms with van der Waals surface area (Å²) in [5.74, 6) is -0.343. The molecular weight excluding hydrogens is 278 g/mol. The summed E-state index contributed by atoms with van der Waals surface area (Å²) < 4.78 is 5.05. The van der Waals surface area contributed by atoms with Crippen molar-refractivity contribution in [1.29, 1.82) is 0 Å². The number of carbonyl (C=O) groups is 1. The van der Waals surface area contributed by atoms with Gasteiger partial charge in [-0.25, -0.2) is 4.98 Å². The van der Waals surface area contributed by atoms with E-state index in [1.807, 2.05) is 24.3 Å². The van der Waals surface area contributed by atoms with Crippen LogP contribution in [0.3, 0.4) is 0 Å². The van der Waals surface area contributed by atoms with E-state index < -0.39 is 0 Å². The summed E-state index contributed by atoms with van der Waals surface area (Å²) in [6.07, 6.45) is 3.47. The van der Waals surface area contributed by atoms with Crippen molar-refractivity contribution in [3.8, 4) is 0 Å². The number of hydrogen-bond acceptors (Lipinski definition) is 4. The molecule has 0 saturated heterocycles. The maximum atomic E-state index is 12.1. The van der Waals surface area contributed by atoms with E-state index in [4.69, 9.17) is 16.3 Å². The number of halogens is 1. The lowest BCUT2D eigenvalue weighted by Gasteiger charge is -2.10. The third kappa shape index (κ3) is 3.76. The Bertz CT molecular complexity index is 604. The smallest absolute Gasteiger partial charge is 0.275 e. The predicted molar refractivity (Wildman–Crippen MR) is 77.0 cm³/mol. The molecule has 0 fully saturated rings. The van der Waals surface area contributed by atoms with Crippen LogP contribution in [0, 0.1) is 0 Å². The Balaban J connectivity index is 2.15. The quantitative estimate of drug-likeness (QED) is 0.919. The summed E-state index contributed by atoms with van der Waals surface area (Å²) >= 11 is 5.72. The Kier molecular flexibility index (Phi) is 5.03. The highest BCUT2D eigenvalue weighted by Gasteiger charge is 2.11. The molecule has 0 radical (unpaired) electrons. The minimum Gasteiger partial charge on any atom is -0.384 e. The summed E-state index contributed by atoms with van der Waals surface area (Å²) in [7, 11) is 1.64. The number of nitrogens with zero attached hydrogens (tertiary/aromatic N) is 2. The van der Waals surface area contributed by atoms with Gasteiger partial charge in [0.15, 0.2) is 0 Å². The lowest BCUT2D eigenvalue weighted by atomic mass is 10.1. The minimum atomic E-state index is -0.343. The second kappa shape index (κ2) is 6.98. The first-order valence-electron chi connectivity index (χ1n) is 6.06. The number of anilines is 1. The number of para-hydroxylation sites is 1. The van der Waals surface area contributed by atoms with Crippen LogP contribution in [0.2, 0.25) is 5.15 Å². The Morgan fingerprint density at radius 1 is 1.35 bits per heavy atom. The molecule has 1 aromatic carbocycles. The molecule has 0 bridgehead atoms. The molecule has 1 heterocycles. The topological polar surface area (TPSA) is 64.1 Å². The van der Waals surface area contributed by atoms with Gasteiger partial charge in [0.1, 0.15) is 10.8 Å². The van der Waals surface area contributed by atoms with E-state index in [2.05, 4.69) is 15.3 Å². The summed E-state index contributed by atoms with van der Waals surface area (Å²) in [5, 5.41) is 2.99. The monoisotopic (exact) mass is 291 g/mol. The van der Waals surface area contributed by atoms with Gasteiger partial charge in [0.05, 0.1) is 19.0 Å². The van der Waals surface area contributed by atoms with Crippen LogP contribution in [0.25, 0.3) is 0 Å². The number of carbonyl (C=O) groups excluding carboxylic acids is 1. The van der Waals surface area contributed by atoms with Gasteiger partial charge in [-0.05, 0) is 18.1 Å². The molecule has 104 valence electrons. The Hall–Kier alpha value is -1.98. The molecule has 2 aromatic rings. The number of nitrogens with one attached hydrogen (secondary N) is 1. The summed E-state index contributed by atoms with van der Waals surface area (Å²) in [5.41, 5.74) is 1.91. The molecule has 20 heavy (non-hydrogen) atoms. The molecule has 0 spiro atoms. The summed E-state index contributed by atoms with van der Waals surface area (Å²) in [6.45, 7) is 0.587. The largest absolute Gasteiger partial charge is 0.384 e. The molecule has 0 aliphatic carbocycles. The minimum absolute atomic E-state index is 0.180. The number of aromatic nitrogens is 2. The Morgan fingerprint density at radius 3 is 2.90 bits per heavy atom. The molecule has 0 atom stereocenters. The number of ether oxygens (including phenoxy) is 1. The fourth-order valence-corrected chi connectivity index (χ4v) is 1.86. The number of benzene rings is 1. The van der Waals surface area contributed by atoms with Crippen LogP contribution in [-0.4, -0.2) is 29.6 Å². The Labute approximate surface area is 122 Å².